The second-order valence-electron chi connectivity index (χ2n) is 3.73. The van der Waals surface area contributed by atoms with Crippen LogP contribution in [0, 0.1) is 6.92 Å². The van der Waals surface area contributed by atoms with Crippen molar-refractivity contribution in [1.82, 2.24) is 10.2 Å². The van der Waals surface area contributed by atoms with Gasteiger partial charge >= 0.3 is 0 Å². The first kappa shape index (κ1) is 11.3. The molecule has 1 aromatic carbocycles. The second-order valence-corrected chi connectivity index (χ2v) is 4.59. The van der Waals surface area contributed by atoms with E-state index >= 15 is 0 Å². The van der Waals surface area contributed by atoms with Crippen molar-refractivity contribution in [2.24, 2.45) is 0 Å². The number of aryl methyl sites for hydroxylation is 2. The van der Waals surface area contributed by atoms with E-state index in [1.807, 2.05) is 25.1 Å². The van der Waals surface area contributed by atoms with Gasteiger partial charge in [0.1, 0.15) is 0 Å². The lowest BCUT2D eigenvalue weighted by Crippen LogP contribution is -1.81. The summed E-state index contributed by atoms with van der Waals surface area (Å²) in [4.78, 5) is 0. The van der Waals surface area contributed by atoms with Gasteiger partial charge in [0.05, 0.1) is 5.56 Å². The molecule has 4 heteroatoms. The Labute approximate surface area is 103 Å². The summed E-state index contributed by atoms with van der Waals surface area (Å²) in [6.07, 6.45) is 1.84. The molecule has 2 aromatic rings. The lowest BCUT2D eigenvalue weighted by atomic mass is 10.1. The molecule has 0 spiro atoms. The van der Waals surface area contributed by atoms with Crippen molar-refractivity contribution in [3.63, 3.8) is 0 Å². The monoisotopic (exact) mass is 280 g/mol. The molecule has 0 aliphatic rings. The van der Waals surface area contributed by atoms with Crippen LogP contribution in [0.3, 0.4) is 0 Å². The summed E-state index contributed by atoms with van der Waals surface area (Å²) in [5, 5.41) is 8.08. The zero-order valence-electron chi connectivity index (χ0n) is 9.33. The number of hydrogen-bond acceptors (Lipinski definition) is 3. The third-order valence-electron chi connectivity index (χ3n) is 2.28. The predicted molar refractivity (Wildman–Crippen MR) is 66.2 cm³/mol. The fraction of sp³-hybridized carbons (Fsp3) is 0.333. The first-order valence-electron chi connectivity index (χ1n) is 5.29. The summed E-state index contributed by atoms with van der Waals surface area (Å²) in [5.74, 6) is 1.28. The molecule has 0 aliphatic heterocycles. The van der Waals surface area contributed by atoms with E-state index in [1.54, 1.807) is 0 Å². The molecule has 0 radical (unpaired) electrons. The van der Waals surface area contributed by atoms with Crippen LogP contribution in [0.2, 0.25) is 0 Å². The van der Waals surface area contributed by atoms with Crippen molar-refractivity contribution in [3.8, 4) is 11.5 Å². The molecule has 84 valence electrons. The average Bonchev–Trinajstić information content (AvgIpc) is 2.71. The van der Waals surface area contributed by atoms with Crippen LogP contribution in [0.1, 0.15) is 24.8 Å². The van der Waals surface area contributed by atoms with E-state index in [0.29, 0.717) is 11.8 Å². The van der Waals surface area contributed by atoms with Crippen molar-refractivity contribution < 1.29 is 4.42 Å². The van der Waals surface area contributed by atoms with Gasteiger partial charge in [-0.25, -0.2) is 0 Å². The van der Waals surface area contributed by atoms with Gasteiger partial charge in [-0.1, -0.05) is 18.6 Å². The lowest BCUT2D eigenvalue weighted by Gasteiger charge is -2.00. The summed E-state index contributed by atoms with van der Waals surface area (Å²) >= 11 is 3.49. The van der Waals surface area contributed by atoms with Crippen molar-refractivity contribution in [2.45, 2.75) is 26.7 Å². The van der Waals surface area contributed by atoms with Crippen LogP contribution in [0.4, 0.5) is 0 Å². The molecule has 1 aromatic heterocycles. The molecule has 16 heavy (non-hydrogen) atoms. The zero-order chi connectivity index (χ0) is 11.5. The smallest absolute Gasteiger partial charge is 0.248 e. The Morgan fingerprint density at radius 1 is 1.31 bits per heavy atom. The van der Waals surface area contributed by atoms with Gasteiger partial charge in [-0.2, -0.15) is 0 Å². The molecular weight excluding hydrogens is 268 g/mol. The predicted octanol–water partition coefficient (Wildman–Crippen LogP) is 3.76. The van der Waals surface area contributed by atoms with Crippen LogP contribution in [0.15, 0.2) is 27.1 Å². The molecular formula is C12H13BrN2O. The molecule has 0 N–H and O–H groups in total. The standard InChI is InChI=1S/C12H13BrN2O/c1-3-4-11-14-15-12(16-11)9-7-8(2)5-6-10(9)13/h5-7H,3-4H2,1-2H3. The number of nitrogens with zero attached hydrogens (tertiary/aromatic N) is 2. The molecule has 0 unspecified atom stereocenters. The minimum Gasteiger partial charge on any atom is -0.421 e. The molecule has 3 nitrogen and oxygen atoms in total. The quantitative estimate of drug-likeness (QED) is 0.859. The molecule has 0 aliphatic carbocycles. The van der Waals surface area contributed by atoms with Crippen LogP contribution >= 0.6 is 15.9 Å². The van der Waals surface area contributed by atoms with Gasteiger partial charge in [0.15, 0.2) is 0 Å². The van der Waals surface area contributed by atoms with Crippen LogP contribution < -0.4 is 0 Å². The largest absolute Gasteiger partial charge is 0.421 e. The fourth-order valence-corrected chi connectivity index (χ4v) is 1.90. The van der Waals surface area contributed by atoms with Gasteiger partial charge in [0.2, 0.25) is 11.8 Å². The molecule has 1 heterocycles. The van der Waals surface area contributed by atoms with E-state index in [2.05, 4.69) is 33.1 Å². The molecule has 0 atom stereocenters. The van der Waals surface area contributed by atoms with Crippen LogP contribution in [0.5, 0.6) is 0 Å². The van der Waals surface area contributed by atoms with Crippen molar-refractivity contribution in [1.29, 1.82) is 0 Å². The van der Waals surface area contributed by atoms with Crippen LogP contribution in [0.25, 0.3) is 11.5 Å². The van der Waals surface area contributed by atoms with Gasteiger partial charge in [-0.05, 0) is 41.4 Å². The summed E-state index contributed by atoms with van der Waals surface area (Å²) in [7, 11) is 0. The Kier molecular flexibility index (Phi) is 3.39. The van der Waals surface area contributed by atoms with Gasteiger partial charge in [0, 0.05) is 10.9 Å². The normalized spacial score (nSPS) is 10.7. The number of hydrogen-bond donors (Lipinski definition) is 0. The Morgan fingerprint density at radius 2 is 2.12 bits per heavy atom. The molecule has 0 amide bonds. The van der Waals surface area contributed by atoms with E-state index in [4.69, 9.17) is 4.42 Å². The van der Waals surface area contributed by atoms with Gasteiger partial charge in [0.25, 0.3) is 0 Å². The maximum atomic E-state index is 5.59. The number of rotatable bonds is 3. The summed E-state index contributed by atoms with van der Waals surface area (Å²) < 4.78 is 6.57. The Balaban J connectivity index is 2.38. The van der Waals surface area contributed by atoms with Crippen LogP contribution in [-0.2, 0) is 6.42 Å². The highest BCUT2D eigenvalue weighted by atomic mass is 79.9. The Bertz CT molecular complexity index is 494. The highest BCUT2D eigenvalue weighted by Gasteiger charge is 2.11. The van der Waals surface area contributed by atoms with E-state index in [9.17, 15) is 0 Å². The zero-order valence-corrected chi connectivity index (χ0v) is 10.9. The van der Waals surface area contributed by atoms with Gasteiger partial charge < -0.3 is 4.42 Å². The third kappa shape index (κ3) is 2.32. The molecule has 0 saturated carbocycles. The first-order valence-corrected chi connectivity index (χ1v) is 6.09. The minimum absolute atomic E-state index is 0.582. The van der Waals surface area contributed by atoms with Crippen molar-refractivity contribution >= 4 is 15.9 Å². The SMILES string of the molecule is CCCc1nnc(-c2cc(C)ccc2Br)o1. The van der Waals surface area contributed by atoms with E-state index in [1.165, 1.54) is 5.56 Å². The maximum Gasteiger partial charge on any atom is 0.248 e. The van der Waals surface area contributed by atoms with Gasteiger partial charge in [-0.15, -0.1) is 10.2 Å². The fourth-order valence-electron chi connectivity index (χ4n) is 1.48. The van der Waals surface area contributed by atoms with E-state index in [-0.39, 0.29) is 0 Å². The number of halogens is 1. The highest BCUT2D eigenvalue weighted by Crippen LogP contribution is 2.28. The molecule has 2 rings (SSSR count). The lowest BCUT2D eigenvalue weighted by molar-refractivity contribution is 0.502. The summed E-state index contributed by atoms with van der Waals surface area (Å²) in [5.41, 5.74) is 2.13. The number of benzene rings is 1. The second kappa shape index (κ2) is 4.78. The van der Waals surface area contributed by atoms with Crippen LogP contribution in [-0.4, -0.2) is 10.2 Å². The summed E-state index contributed by atoms with van der Waals surface area (Å²) in [6.45, 7) is 4.13. The minimum atomic E-state index is 0.582. The van der Waals surface area contributed by atoms with Crippen molar-refractivity contribution in [2.75, 3.05) is 0 Å². The Hall–Kier alpha value is -1.16. The van der Waals surface area contributed by atoms with Crippen molar-refractivity contribution in [3.05, 3.63) is 34.1 Å². The third-order valence-corrected chi connectivity index (χ3v) is 2.97. The average molecular weight is 281 g/mol. The number of aromatic nitrogens is 2. The van der Waals surface area contributed by atoms with E-state index < -0.39 is 0 Å². The molecule has 0 fully saturated rings. The van der Waals surface area contributed by atoms with Gasteiger partial charge in [-0.3, -0.25) is 0 Å². The summed E-state index contributed by atoms with van der Waals surface area (Å²) in [6, 6.07) is 6.07. The topological polar surface area (TPSA) is 38.9 Å². The van der Waals surface area contributed by atoms with E-state index in [0.717, 1.165) is 22.9 Å². The molecule has 0 bridgehead atoms. The highest BCUT2D eigenvalue weighted by molar-refractivity contribution is 9.10. The first-order chi connectivity index (χ1) is 7.70. The Morgan fingerprint density at radius 3 is 2.88 bits per heavy atom. The maximum absolute atomic E-state index is 5.59. The molecule has 0 saturated heterocycles.